The molecule has 5 nitrogen and oxygen atoms in total. The monoisotopic (exact) mass is 578 g/mol. The number of ketones is 1. The number of allylic oxidation sites excluding steroid dienone is 1. The first-order chi connectivity index (χ1) is 19.5. The van der Waals surface area contributed by atoms with Crippen LogP contribution in [-0.4, -0.2) is 38.8 Å². The number of hydrogen-bond acceptors (Lipinski definition) is 5. The number of aliphatic hydroxyl groups is 1. The molecule has 1 saturated carbocycles. The minimum absolute atomic E-state index is 0.0137. The highest BCUT2D eigenvalue weighted by molar-refractivity contribution is 6.91. The van der Waals surface area contributed by atoms with Crippen LogP contribution in [0.25, 0.3) is 0 Å². The van der Waals surface area contributed by atoms with Gasteiger partial charge in [0.1, 0.15) is 19.6 Å². The third kappa shape index (κ3) is 5.77. The first kappa shape index (κ1) is 30.3. The summed E-state index contributed by atoms with van der Waals surface area (Å²) in [4.78, 5) is 13.3. The number of unbranched alkanes of at least 4 members (excludes halogenated alkanes) is 3. The molecular weight excluding hydrogens is 528 g/mol. The zero-order valence-corrected chi connectivity index (χ0v) is 27.1. The molecule has 0 unspecified atom stereocenters. The Balaban J connectivity index is 1.21. The van der Waals surface area contributed by atoms with Gasteiger partial charge in [0.25, 0.3) is 0 Å². The fourth-order valence-electron chi connectivity index (χ4n) is 7.17. The van der Waals surface area contributed by atoms with Crippen molar-refractivity contribution < 1.29 is 23.8 Å². The number of rotatable bonds is 11. The molecular formula is C35H50O5Si. The van der Waals surface area contributed by atoms with Crippen molar-refractivity contribution in [2.24, 2.45) is 11.3 Å². The van der Waals surface area contributed by atoms with Crippen LogP contribution in [0.2, 0.25) is 18.1 Å². The highest BCUT2D eigenvalue weighted by Crippen LogP contribution is 2.57. The molecule has 1 aromatic carbocycles. The fourth-order valence-corrected chi connectivity index (χ4v) is 9.20. The lowest BCUT2D eigenvalue weighted by Gasteiger charge is -2.49. The van der Waals surface area contributed by atoms with Gasteiger partial charge in [-0.3, -0.25) is 4.79 Å². The maximum absolute atomic E-state index is 13.3. The van der Waals surface area contributed by atoms with Crippen molar-refractivity contribution in [3.63, 3.8) is 0 Å². The number of benzene rings is 1. The van der Waals surface area contributed by atoms with Gasteiger partial charge in [-0.25, -0.2) is 0 Å². The quantitative estimate of drug-likeness (QED) is 0.170. The average molecular weight is 579 g/mol. The number of aliphatic hydroxyl groups excluding tert-OH is 1. The third-order valence-corrected chi connectivity index (χ3v) is 16.2. The largest absolute Gasteiger partial charge is 0.497 e. The Morgan fingerprint density at radius 2 is 1.83 bits per heavy atom. The van der Waals surface area contributed by atoms with E-state index in [0.29, 0.717) is 18.8 Å². The summed E-state index contributed by atoms with van der Waals surface area (Å²) in [5, 5.41) is 13.0. The predicted octanol–water partition coefficient (Wildman–Crippen LogP) is 7.47. The van der Waals surface area contributed by atoms with Gasteiger partial charge in [-0.2, -0.15) is 0 Å². The van der Waals surface area contributed by atoms with Gasteiger partial charge in [-0.15, -0.1) is 0 Å². The summed E-state index contributed by atoms with van der Waals surface area (Å²) >= 11 is 0. The van der Waals surface area contributed by atoms with Crippen LogP contribution in [0.3, 0.4) is 0 Å². The van der Waals surface area contributed by atoms with Crippen molar-refractivity contribution in [1.82, 2.24) is 0 Å². The maximum Gasteiger partial charge on any atom is 0.139 e. The first-order valence-electron chi connectivity index (χ1n) is 15.7. The van der Waals surface area contributed by atoms with E-state index in [1.807, 2.05) is 30.5 Å². The second-order valence-corrected chi connectivity index (χ2v) is 19.6. The van der Waals surface area contributed by atoms with E-state index >= 15 is 0 Å². The average Bonchev–Trinajstić information content (AvgIpc) is 3.34. The van der Waals surface area contributed by atoms with Crippen LogP contribution < -0.4 is 10.1 Å². The smallest absolute Gasteiger partial charge is 0.139 e. The van der Waals surface area contributed by atoms with Gasteiger partial charge in [0, 0.05) is 35.8 Å². The number of carbonyl (C=O) groups is 1. The van der Waals surface area contributed by atoms with Crippen molar-refractivity contribution in [2.45, 2.75) is 115 Å². The third-order valence-electron chi connectivity index (χ3n) is 10.9. The molecule has 1 fully saturated rings. The van der Waals surface area contributed by atoms with Gasteiger partial charge in [-0.1, -0.05) is 70.5 Å². The molecule has 0 amide bonds. The lowest BCUT2D eigenvalue weighted by Crippen LogP contribution is -2.54. The number of Topliss-reactive ketones (excluding diaryl/α,β-unsaturated/α-hetero) is 1. The standard InChI is InChI=1S/C35H50O5Si/c1-34(2,3)41(5,6)33-28-21-35(17-16-31(35)36)30-20-25(19-27(32(30)37)29(28)23-40-33)11-9-7-8-10-18-39-22-24-12-14-26(38-4)15-13-24/h12-15,19,23,27,30,32,37H,7-11,16-18,20-22H2,1-6H3/t27-,30-,32+,35-/m0/s1. The molecule has 1 N–H and O–H groups in total. The molecule has 3 aliphatic rings. The lowest BCUT2D eigenvalue weighted by molar-refractivity contribution is -0.148. The zero-order chi connectivity index (χ0) is 29.4. The normalized spacial score (nSPS) is 25.9. The molecule has 1 spiro atoms. The van der Waals surface area contributed by atoms with Crippen LogP contribution in [0, 0.1) is 11.3 Å². The molecule has 2 bridgehead atoms. The molecule has 224 valence electrons. The van der Waals surface area contributed by atoms with Crippen LogP contribution in [0.5, 0.6) is 5.75 Å². The van der Waals surface area contributed by atoms with E-state index < -0.39 is 19.6 Å². The Hall–Kier alpha value is -2.15. The van der Waals surface area contributed by atoms with Gasteiger partial charge < -0.3 is 19.0 Å². The highest BCUT2D eigenvalue weighted by Gasteiger charge is 2.59. The second-order valence-electron chi connectivity index (χ2n) is 14.3. The number of fused-ring (bicyclic) bond motifs is 5. The van der Waals surface area contributed by atoms with Crippen molar-refractivity contribution >= 4 is 19.2 Å². The van der Waals surface area contributed by atoms with E-state index in [-0.39, 0.29) is 16.9 Å². The Morgan fingerprint density at radius 3 is 2.46 bits per heavy atom. The topological polar surface area (TPSA) is 68.9 Å². The lowest BCUT2D eigenvalue weighted by atomic mass is 9.54. The fraction of sp³-hybridized carbons (Fsp3) is 0.629. The highest BCUT2D eigenvalue weighted by atomic mass is 28.3. The van der Waals surface area contributed by atoms with E-state index in [4.69, 9.17) is 13.9 Å². The Kier molecular flexibility index (Phi) is 8.76. The SMILES string of the molecule is COc1ccc(COCCCCCCC2=C[C@H]3c4coc([Si](C)(C)C(C)(C)C)c4C[C@@]4(CCC4=O)[C@@H](C2)[C@@H]3O)cc1. The van der Waals surface area contributed by atoms with E-state index in [9.17, 15) is 9.90 Å². The molecule has 1 aromatic heterocycles. The van der Waals surface area contributed by atoms with Gasteiger partial charge >= 0.3 is 0 Å². The molecule has 6 heteroatoms. The summed E-state index contributed by atoms with van der Waals surface area (Å²) in [6.45, 7) is 13.1. The van der Waals surface area contributed by atoms with Crippen LogP contribution in [-0.2, 0) is 22.6 Å². The van der Waals surface area contributed by atoms with Crippen molar-refractivity contribution in [3.05, 3.63) is 58.9 Å². The molecule has 0 saturated heterocycles. The van der Waals surface area contributed by atoms with E-state index in [2.05, 4.69) is 39.9 Å². The van der Waals surface area contributed by atoms with Crippen LogP contribution >= 0.6 is 0 Å². The molecule has 3 aliphatic carbocycles. The second kappa shape index (κ2) is 11.9. The molecule has 1 heterocycles. The number of methoxy groups -OCH3 is 1. The molecule has 5 rings (SSSR count). The van der Waals surface area contributed by atoms with Gasteiger partial charge in [0.2, 0.25) is 0 Å². The molecule has 2 aromatic rings. The number of carbonyl (C=O) groups excluding carboxylic acids is 1. The first-order valence-corrected chi connectivity index (χ1v) is 18.7. The summed E-state index contributed by atoms with van der Waals surface area (Å²) in [7, 11) is -0.266. The van der Waals surface area contributed by atoms with Crippen LogP contribution in [0.1, 0.15) is 94.7 Å². The van der Waals surface area contributed by atoms with Crippen molar-refractivity contribution in [2.75, 3.05) is 13.7 Å². The summed E-state index contributed by atoms with van der Waals surface area (Å²) in [6, 6.07) is 8.04. The Bertz CT molecular complexity index is 1250. The Morgan fingerprint density at radius 1 is 1.10 bits per heavy atom. The maximum atomic E-state index is 13.3. The van der Waals surface area contributed by atoms with Gasteiger partial charge in [0.15, 0.2) is 0 Å². The minimum atomic E-state index is -1.95. The van der Waals surface area contributed by atoms with Crippen molar-refractivity contribution in [3.8, 4) is 5.75 Å². The number of ether oxygens (including phenoxy) is 2. The molecule has 0 radical (unpaired) electrons. The molecule has 4 atom stereocenters. The minimum Gasteiger partial charge on any atom is -0.497 e. The summed E-state index contributed by atoms with van der Waals surface area (Å²) in [6.07, 6.45) is 12.4. The summed E-state index contributed by atoms with van der Waals surface area (Å²) < 4.78 is 17.5. The van der Waals surface area contributed by atoms with Crippen LogP contribution in [0.15, 0.2) is 46.6 Å². The van der Waals surface area contributed by atoms with Crippen LogP contribution in [0.4, 0.5) is 0 Å². The van der Waals surface area contributed by atoms with Crippen molar-refractivity contribution in [1.29, 1.82) is 0 Å². The number of hydrogen-bond donors (Lipinski definition) is 1. The summed E-state index contributed by atoms with van der Waals surface area (Å²) in [5.41, 5.74) is 4.56. The molecule has 41 heavy (non-hydrogen) atoms. The molecule has 0 aliphatic heterocycles. The summed E-state index contributed by atoms with van der Waals surface area (Å²) in [5.74, 6) is 1.16. The van der Waals surface area contributed by atoms with Gasteiger partial charge in [-0.05, 0) is 66.8 Å². The number of furan rings is 1. The van der Waals surface area contributed by atoms with E-state index in [1.54, 1.807) is 7.11 Å². The zero-order valence-electron chi connectivity index (χ0n) is 26.1. The predicted molar refractivity (Wildman–Crippen MR) is 167 cm³/mol. The van der Waals surface area contributed by atoms with E-state index in [0.717, 1.165) is 74.7 Å². The Labute approximate surface area is 247 Å². The van der Waals surface area contributed by atoms with E-state index in [1.165, 1.54) is 16.7 Å². The van der Waals surface area contributed by atoms with Gasteiger partial charge in [0.05, 0.1) is 31.5 Å².